The van der Waals surface area contributed by atoms with Crippen molar-refractivity contribution in [3.8, 4) is 0 Å². The van der Waals surface area contributed by atoms with Gasteiger partial charge in [0.2, 0.25) is 5.91 Å². The molecule has 5 nitrogen and oxygen atoms in total. The molecule has 1 aromatic heterocycles. The van der Waals surface area contributed by atoms with Crippen LogP contribution in [0.25, 0.3) is 0 Å². The van der Waals surface area contributed by atoms with Gasteiger partial charge >= 0.3 is 0 Å². The average Bonchev–Trinajstić information content (AvgIpc) is 2.61. The second kappa shape index (κ2) is 5.52. The molecular weight excluding hydrogens is 230 g/mol. The number of likely N-dealkylation sites (N-methyl/N-ethyl adjacent to an activating group) is 1. The summed E-state index contributed by atoms with van der Waals surface area (Å²) in [7, 11) is 1.95. The zero-order valence-corrected chi connectivity index (χ0v) is 12.1. The lowest BCUT2D eigenvalue weighted by atomic mass is 9.87. The SMILES string of the molecule is Cc1cc(NC(=O)CN(C)C(C)C(C)(C)C)no1. The Bertz CT molecular complexity index is 407. The molecule has 102 valence electrons. The van der Waals surface area contributed by atoms with Crippen LogP contribution in [-0.2, 0) is 4.79 Å². The van der Waals surface area contributed by atoms with Crippen molar-refractivity contribution in [3.05, 3.63) is 11.8 Å². The highest BCUT2D eigenvalue weighted by atomic mass is 16.5. The number of aromatic nitrogens is 1. The van der Waals surface area contributed by atoms with Crippen LogP contribution in [0.4, 0.5) is 5.82 Å². The Morgan fingerprint density at radius 3 is 2.61 bits per heavy atom. The zero-order valence-electron chi connectivity index (χ0n) is 12.1. The number of nitrogens with zero attached hydrogens (tertiary/aromatic N) is 2. The van der Waals surface area contributed by atoms with Crippen LogP contribution in [0.1, 0.15) is 33.5 Å². The van der Waals surface area contributed by atoms with Crippen LogP contribution in [0.15, 0.2) is 10.6 Å². The van der Waals surface area contributed by atoms with Gasteiger partial charge in [-0.3, -0.25) is 9.69 Å². The van der Waals surface area contributed by atoms with Crippen LogP contribution < -0.4 is 5.32 Å². The highest BCUT2D eigenvalue weighted by Crippen LogP contribution is 2.22. The first-order valence-corrected chi connectivity index (χ1v) is 6.13. The molecule has 1 heterocycles. The van der Waals surface area contributed by atoms with Crippen molar-refractivity contribution in [1.82, 2.24) is 10.1 Å². The molecule has 0 aliphatic rings. The maximum Gasteiger partial charge on any atom is 0.239 e. The number of rotatable bonds is 4. The van der Waals surface area contributed by atoms with Gasteiger partial charge in [0.25, 0.3) is 0 Å². The number of amides is 1. The molecule has 0 bridgehead atoms. The summed E-state index contributed by atoms with van der Waals surface area (Å²) in [5, 5.41) is 6.45. The molecular formula is C13H23N3O2. The number of aryl methyl sites for hydroxylation is 1. The van der Waals surface area contributed by atoms with E-state index in [1.807, 2.05) is 11.9 Å². The van der Waals surface area contributed by atoms with Gasteiger partial charge in [-0.05, 0) is 26.3 Å². The van der Waals surface area contributed by atoms with Gasteiger partial charge in [0, 0.05) is 12.1 Å². The first-order valence-electron chi connectivity index (χ1n) is 6.13. The Kier molecular flexibility index (Phi) is 4.51. The third-order valence-corrected chi connectivity index (χ3v) is 3.20. The van der Waals surface area contributed by atoms with E-state index in [4.69, 9.17) is 4.52 Å². The Morgan fingerprint density at radius 2 is 2.17 bits per heavy atom. The van der Waals surface area contributed by atoms with E-state index in [0.29, 0.717) is 24.2 Å². The molecule has 0 aliphatic carbocycles. The normalized spacial score (nSPS) is 13.7. The van der Waals surface area contributed by atoms with Crippen LogP contribution >= 0.6 is 0 Å². The highest BCUT2D eigenvalue weighted by Gasteiger charge is 2.25. The molecule has 0 fully saturated rings. The fourth-order valence-corrected chi connectivity index (χ4v) is 1.63. The average molecular weight is 253 g/mol. The first kappa shape index (κ1) is 14.7. The fraction of sp³-hybridized carbons (Fsp3) is 0.692. The summed E-state index contributed by atoms with van der Waals surface area (Å²) in [6.07, 6.45) is 0. The van der Waals surface area contributed by atoms with Gasteiger partial charge in [-0.2, -0.15) is 0 Å². The van der Waals surface area contributed by atoms with E-state index in [9.17, 15) is 4.79 Å². The fourth-order valence-electron chi connectivity index (χ4n) is 1.63. The minimum Gasteiger partial charge on any atom is -0.360 e. The van der Waals surface area contributed by atoms with E-state index < -0.39 is 0 Å². The maximum atomic E-state index is 11.8. The number of hydrogen-bond donors (Lipinski definition) is 1. The summed E-state index contributed by atoms with van der Waals surface area (Å²) in [6.45, 7) is 10.7. The summed E-state index contributed by atoms with van der Waals surface area (Å²) < 4.78 is 4.89. The number of nitrogens with one attached hydrogen (secondary N) is 1. The van der Waals surface area contributed by atoms with Crippen molar-refractivity contribution in [3.63, 3.8) is 0 Å². The minimum atomic E-state index is -0.0816. The minimum absolute atomic E-state index is 0.0816. The van der Waals surface area contributed by atoms with Crippen molar-refractivity contribution in [2.75, 3.05) is 18.9 Å². The maximum absolute atomic E-state index is 11.8. The molecule has 1 N–H and O–H groups in total. The molecule has 5 heteroatoms. The lowest BCUT2D eigenvalue weighted by molar-refractivity contribution is -0.117. The topological polar surface area (TPSA) is 58.4 Å². The highest BCUT2D eigenvalue weighted by molar-refractivity contribution is 5.91. The molecule has 1 atom stereocenters. The summed E-state index contributed by atoms with van der Waals surface area (Å²) >= 11 is 0. The smallest absolute Gasteiger partial charge is 0.239 e. The lowest BCUT2D eigenvalue weighted by Gasteiger charge is -2.34. The van der Waals surface area contributed by atoms with Gasteiger partial charge in [0.1, 0.15) is 5.76 Å². The van der Waals surface area contributed by atoms with Crippen molar-refractivity contribution < 1.29 is 9.32 Å². The molecule has 0 saturated carbocycles. The van der Waals surface area contributed by atoms with Gasteiger partial charge < -0.3 is 9.84 Å². The summed E-state index contributed by atoms with van der Waals surface area (Å²) in [5.41, 5.74) is 0.138. The van der Waals surface area contributed by atoms with Gasteiger partial charge in [-0.15, -0.1) is 0 Å². The molecule has 1 unspecified atom stereocenters. The van der Waals surface area contributed by atoms with Crippen LogP contribution in [-0.4, -0.2) is 35.6 Å². The Balaban J connectivity index is 2.50. The van der Waals surface area contributed by atoms with Crippen LogP contribution in [0, 0.1) is 12.3 Å². The van der Waals surface area contributed by atoms with Crippen LogP contribution in [0.5, 0.6) is 0 Å². The predicted molar refractivity (Wildman–Crippen MR) is 71.4 cm³/mol. The summed E-state index contributed by atoms with van der Waals surface area (Å²) in [6, 6.07) is 2.01. The summed E-state index contributed by atoms with van der Waals surface area (Å²) in [4.78, 5) is 13.9. The summed E-state index contributed by atoms with van der Waals surface area (Å²) in [5.74, 6) is 1.07. The lowest BCUT2D eigenvalue weighted by Crippen LogP contribution is -2.43. The van der Waals surface area contributed by atoms with E-state index in [0.717, 1.165) is 0 Å². The Hall–Kier alpha value is -1.36. The molecule has 0 saturated heterocycles. The molecule has 18 heavy (non-hydrogen) atoms. The first-order chi connectivity index (χ1) is 8.20. The van der Waals surface area contributed by atoms with E-state index in [1.54, 1.807) is 13.0 Å². The van der Waals surface area contributed by atoms with Gasteiger partial charge in [-0.25, -0.2) is 0 Å². The van der Waals surface area contributed by atoms with Gasteiger partial charge in [0.05, 0.1) is 6.54 Å². The predicted octanol–water partition coefficient (Wildman–Crippen LogP) is 2.29. The molecule has 1 rings (SSSR count). The monoisotopic (exact) mass is 253 g/mol. The van der Waals surface area contributed by atoms with Crippen molar-refractivity contribution in [1.29, 1.82) is 0 Å². The third-order valence-electron chi connectivity index (χ3n) is 3.20. The third kappa shape index (κ3) is 4.14. The van der Waals surface area contributed by atoms with Gasteiger partial charge in [-0.1, -0.05) is 25.9 Å². The van der Waals surface area contributed by atoms with E-state index >= 15 is 0 Å². The van der Waals surface area contributed by atoms with Crippen molar-refractivity contribution in [2.45, 2.75) is 40.7 Å². The molecule has 0 aliphatic heterocycles. The van der Waals surface area contributed by atoms with Crippen molar-refractivity contribution in [2.24, 2.45) is 5.41 Å². The van der Waals surface area contributed by atoms with Gasteiger partial charge in [0.15, 0.2) is 5.82 Å². The number of hydrogen-bond acceptors (Lipinski definition) is 4. The quantitative estimate of drug-likeness (QED) is 0.894. The van der Waals surface area contributed by atoms with Crippen LogP contribution in [0.3, 0.4) is 0 Å². The van der Waals surface area contributed by atoms with E-state index in [-0.39, 0.29) is 11.3 Å². The largest absolute Gasteiger partial charge is 0.360 e. The van der Waals surface area contributed by atoms with Crippen molar-refractivity contribution >= 4 is 11.7 Å². The van der Waals surface area contributed by atoms with Crippen LogP contribution in [0.2, 0.25) is 0 Å². The molecule has 1 amide bonds. The number of carbonyl (C=O) groups is 1. The molecule has 1 aromatic rings. The second-order valence-corrected chi connectivity index (χ2v) is 5.83. The van der Waals surface area contributed by atoms with E-state index in [2.05, 4.69) is 38.2 Å². The number of carbonyl (C=O) groups excluding carboxylic acids is 1. The van der Waals surface area contributed by atoms with E-state index in [1.165, 1.54) is 0 Å². The molecule has 0 radical (unpaired) electrons. The standard InChI is InChI=1S/C13H23N3O2/c1-9-7-11(15-18-9)14-12(17)8-16(6)10(2)13(3,4)5/h7,10H,8H2,1-6H3,(H,14,15,17). The molecule has 0 spiro atoms. The Morgan fingerprint density at radius 1 is 1.56 bits per heavy atom. The second-order valence-electron chi connectivity index (χ2n) is 5.83. The Labute approximate surface area is 109 Å². The zero-order chi connectivity index (χ0) is 13.9. The number of anilines is 1. The molecule has 0 aromatic carbocycles.